The Labute approximate surface area is 155 Å². The summed E-state index contributed by atoms with van der Waals surface area (Å²) in [6, 6.07) is 6.46. The maximum absolute atomic E-state index is 12.2. The van der Waals surface area contributed by atoms with E-state index in [1.54, 1.807) is 9.13 Å². The van der Waals surface area contributed by atoms with Crippen LogP contribution in [0.25, 0.3) is 11.0 Å². The molecule has 4 heteroatoms. The molecule has 1 N–H and O–H groups in total. The summed E-state index contributed by atoms with van der Waals surface area (Å²) < 4.78 is 3.49. The third kappa shape index (κ3) is 2.34. The third-order valence-corrected chi connectivity index (χ3v) is 7.63. The Kier molecular flexibility index (Phi) is 3.22. The Morgan fingerprint density at radius 2 is 1.65 bits per heavy atom. The van der Waals surface area contributed by atoms with Gasteiger partial charge in [-0.1, -0.05) is 19.9 Å². The summed E-state index contributed by atoms with van der Waals surface area (Å²) in [5, 5.41) is 4.01. The van der Waals surface area contributed by atoms with Crippen LogP contribution in [0.1, 0.15) is 57.9 Å². The molecule has 0 radical (unpaired) electrons. The fraction of sp³-hybridized carbons (Fsp3) is 0.682. The minimum Gasteiger partial charge on any atom is -0.307 e. The van der Waals surface area contributed by atoms with Gasteiger partial charge in [-0.05, 0) is 73.0 Å². The molecule has 2 aromatic rings. The standard InChI is InChI=1S/C22H31N3O/c1-20-8-16-9-21(2,12-20)14-22(10-16,13-20)23-11-15-5-6-17-18(7-15)25(4)19(26)24(17)3/h5-7,16,23H,8-14H2,1-4H3. The molecule has 4 saturated carbocycles. The van der Waals surface area contributed by atoms with E-state index in [1.165, 1.54) is 44.1 Å². The molecule has 6 rings (SSSR count). The highest BCUT2D eigenvalue weighted by Gasteiger charge is 2.59. The molecule has 4 bridgehead atoms. The molecule has 4 fully saturated rings. The van der Waals surface area contributed by atoms with Crippen LogP contribution in [0.15, 0.2) is 23.0 Å². The monoisotopic (exact) mass is 353 g/mol. The summed E-state index contributed by atoms with van der Waals surface area (Å²) in [5.74, 6) is 0.908. The molecule has 2 unspecified atom stereocenters. The molecule has 4 aliphatic carbocycles. The summed E-state index contributed by atoms with van der Waals surface area (Å²) >= 11 is 0. The van der Waals surface area contributed by atoms with Gasteiger partial charge < -0.3 is 5.32 Å². The maximum Gasteiger partial charge on any atom is 0.328 e. The molecule has 0 saturated heterocycles. The van der Waals surface area contributed by atoms with E-state index in [-0.39, 0.29) is 5.69 Å². The van der Waals surface area contributed by atoms with Gasteiger partial charge in [-0.2, -0.15) is 0 Å². The molecular formula is C22H31N3O. The molecular weight excluding hydrogens is 322 g/mol. The summed E-state index contributed by atoms with van der Waals surface area (Å²) in [6.07, 6.45) is 8.30. The number of hydrogen-bond donors (Lipinski definition) is 1. The highest BCUT2D eigenvalue weighted by molar-refractivity contribution is 5.76. The molecule has 140 valence electrons. The Hall–Kier alpha value is -1.55. The van der Waals surface area contributed by atoms with Crippen LogP contribution < -0.4 is 11.0 Å². The van der Waals surface area contributed by atoms with Crippen molar-refractivity contribution in [1.29, 1.82) is 0 Å². The summed E-state index contributed by atoms with van der Waals surface area (Å²) in [4.78, 5) is 12.2. The smallest absolute Gasteiger partial charge is 0.307 e. The predicted octanol–water partition coefficient (Wildman–Crippen LogP) is 3.72. The number of fused-ring (bicyclic) bond motifs is 1. The predicted molar refractivity (Wildman–Crippen MR) is 105 cm³/mol. The number of aromatic nitrogens is 2. The van der Waals surface area contributed by atoms with Crippen molar-refractivity contribution in [3.63, 3.8) is 0 Å². The third-order valence-electron chi connectivity index (χ3n) is 7.63. The summed E-state index contributed by atoms with van der Waals surface area (Å²) in [6.45, 7) is 5.95. The van der Waals surface area contributed by atoms with E-state index in [0.29, 0.717) is 16.4 Å². The number of nitrogens with zero attached hydrogens (tertiary/aromatic N) is 2. The lowest BCUT2D eigenvalue weighted by Crippen LogP contribution is -2.63. The first-order chi connectivity index (χ1) is 12.2. The zero-order valence-electron chi connectivity index (χ0n) is 16.6. The van der Waals surface area contributed by atoms with E-state index in [9.17, 15) is 4.79 Å². The van der Waals surface area contributed by atoms with Crippen LogP contribution >= 0.6 is 0 Å². The number of imidazole rings is 1. The van der Waals surface area contributed by atoms with Crippen LogP contribution in [0.3, 0.4) is 0 Å². The normalized spacial score (nSPS) is 38.4. The molecule has 0 spiro atoms. The molecule has 1 heterocycles. The van der Waals surface area contributed by atoms with Gasteiger partial charge in [-0.15, -0.1) is 0 Å². The van der Waals surface area contributed by atoms with Crippen molar-refractivity contribution in [2.75, 3.05) is 0 Å². The summed E-state index contributed by atoms with van der Waals surface area (Å²) in [7, 11) is 3.71. The number of hydrogen-bond acceptors (Lipinski definition) is 2. The Balaban J connectivity index is 1.42. The number of aryl methyl sites for hydroxylation is 2. The van der Waals surface area contributed by atoms with Crippen molar-refractivity contribution in [3.8, 4) is 0 Å². The second kappa shape index (κ2) is 5.03. The van der Waals surface area contributed by atoms with Gasteiger partial charge in [0, 0.05) is 26.2 Å². The molecule has 26 heavy (non-hydrogen) atoms. The molecule has 0 aliphatic heterocycles. The van der Waals surface area contributed by atoms with Gasteiger partial charge in [0.05, 0.1) is 11.0 Å². The second-order valence-electron chi connectivity index (χ2n) is 10.5. The lowest BCUT2D eigenvalue weighted by Gasteiger charge is -2.65. The average molecular weight is 354 g/mol. The van der Waals surface area contributed by atoms with Crippen molar-refractivity contribution in [2.24, 2.45) is 30.8 Å². The topological polar surface area (TPSA) is 39.0 Å². The van der Waals surface area contributed by atoms with Crippen molar-refractivity contribution in [1.82, 2.24) is 14.5 Å². The van der Waals surface area contributed by atoms with Gasteiger partial charge in [0.2, 0.25) is 0 Å². The van der Waals surface area contributed by atoms with Crippen LogP contribution in [0, 0.1) is 16.7 Å². The minimum absolute atomic E-state index is 0.0482. The highest BCUT2D eigenvalue weighted by Crippen LogP contribution is 2.66. The fourth-order valence-corrected chi connectivity index (χ4v) is 7.60. The van der Waals surface area contributed by atoms with Crippen LogP contribution in [0.4, 0.5) is 0 Å². The van der Waals surface area contributed by atoms with E-state index in [4.69, 9.17) is 0 Å². The summed E-state index contributed by atoms with van der Waals surface area (Å²) in [5.41, 5.74) is 4.76. The molecule has 1 aromatic carbocycles. The van der Waals surface area contributed by atoms with Gasteiger partial charge in [-0.25, -0.2) is 4.79 Å². The van der Waals surface area contributed by atoms with Crippen molar-refractivity contribution >= 4 is 11.0 Å². The first-order valence-electron chi connectivity index (χ1n) is 10.1. The Morgan fingerprint density at radius 3 is 2.31 bits per heavy atom. The van der Waals surface area contributed by atoms with Crippen LogP contribution in [-0.2, 0) is 20.6 Å². The minimum atomic E-state index is 0.0482. The number of benzene rings is 1. The maximum atomic E-state index is 12.2. The van der Waals surface area contributed by atoms with E-state index >= 15 is 0 Å². The van der Waals surface area contributed by atoms with Gasteiger partial charge >= 0.3 is 5.69 Å². The van der Waals surface area contributed by atoms with E-state index in [0.717, 1.165) is 23.5 Å². The van der Waals surface area contributed by atoms with E-state index in [2.05, 4.69) is 37.4 Å². The van der Waals surface area contributed by atoms with Crippen molar-refractivity contribution in [3.05, 3.63) is 34.2 Å². The van der Waals surface area contributed by atoms with Crippen LogP contribution in [0.2, 0.25) is 0 Å². The van der Waals surface area contributed by atoms with E-state index in [1.807, 2.05) is 14.1 Å². The zero-order chi connectivity index (χ0) is 18.3. The van der Waals surface area contributed by atoms with Gasteiger partial charge in [0.25, 0.3) is 0 Å². The molecule has 4 aliphatic rings. The van der Waals surface area contributed by atoms with E-state index < -0.39 is 0 Å². The quantitative estimate of drug-likeness (QED) is 0.913. The Bertz CT molecular complexity index is 934. The number of rotatable bonds is 3. The zero-order valence-corrected chi connectivity index (χ0v) is 16.6. The lowest BCUT2D eigenvalue weighted by molar-refractivity contribution is -0.118. The molecule has 2 atom stereocenters. The first kappa shape index (κ1) is 16.6. The SMILES string of the molecule is Cn1c(=O)n(C)c2cc(CNC34CC5CC(C)(CC(C)(C5)C3)C4)ccc21. The van der Waals surface area contributed by atoms with Gasteiger partial charge in [-0.3, -0.25) is 9.13 Å². The molecule has 0 amide bonds. The van der Waals surface area contributed by atoms with Crippen molar-refractivity contribution < 1.29 is 0 Å². The van der Waals surface area contributed by atoms with Crippen LogP contribution in [0.5, 0.6) is 0 Å². The average Bonchev–Trinajstić information content (AvgIpc) is 2.74. The number of nitrogens with one attached hydrogen (secondary N) is 1. The largest absolute Gasteiger partial charge is 0.328 e. The molecule has 4 nitrogen and oxygen atoms in total. The van der Waals surface area contributed by atoms with Crippen LogP contribution in [-0.4, -0.2) is 14.7 Å². The fourth-order valence-electron chi connectivity index (χ4n) is 7.60. The van der Waals surface area contributed by atoms with Crippen molar-refractivity contribution in [2.45, 2.75) is 64.5 Å². The lowest BCUT2D eigenvalue weighted by atomic mass is 9.43. The van der Waals surface area contributed by atoms with Gasteiger partial charge in [0.1, 0.15) is 0 Å². The second-order valence-corrected chi connectivity index (χ2v) is 10.5. The van der Waals surface area contributed by atoms with Gasteiger partial charge in [0.15, 0.2) is 0 Å². The highest BCUT2D eigenvalue weighted by atomic mass is 16.1. The molecule has 1 aromatic heterocycles. The Morgan fingerprint density at radius 1 is 1.00 bits per heavy atom. The first-order valence-corrected chi connectivity index (χ1v) is 10.1.